The van der Waals surface area contributed by atoms with Gasteiger partial charge in [0.1, 0.15) is 5.75 Å². The van der Waals surface area contributed by atoms with Crippen molar-refractivity contribution in [1.82, 2.24) is 4.90 Å². The Balaban J connectivity index is 1.60. The van der Waals surface area contributed by atoms with Crippen molar-refractivity contribution >= 4 is 29.6 Å². The standard InChI is InChI=1S/C20H18ClNO4/c21-18-4-2-1-3-15(18)7-10-19(23)16-5-8-17(9-6-16)26-20(24)22-11-13-25-14-12-22/h1-10H,11-14H2. The van der Waals surface area contributed by atoms with Gasteiger partial charge in [-0.3, -0.25) is 4.79 Å². The highest BCUT2D eigenvalue weighted by atomic mass is 35.5. The summed E-state index contributed by atoms with van der Waals surface area (Å²) in [5, 5.41) is 0.585. The molecule has 0 radical (unpaired) electrons. The number of ether oxygens (including phenoxy) is 2. The van der Waals surface area contributed by atoms with Gasteiger partial charge in [-0.2, -0.15) is 0 Å². The highest BCUT2D eigenvalue weighted by Gasteiger charge is 2.18. The second-order valence-electron chi connectivity index (χ2n) is 5.71. The summed E-state index contributed by atoms with van der Waals surface area (Å²) in [6.45, 7) is 2.06. The number of morpholine rings is 1. The van der Waals surface area contributed by atoms with Crippen molar-refractivity contribution in [1.29, 1.82) is 0 Å². The molecule has 5 nitrogen and oxygen atoms in total. The van der Waals surface area contributed by atoms with Crippen molar-refractivity contribution in [2.24, 2.45) is 0 Å². The zero-order valence-corrected chi connectivity index (χ0v) is 14.8. The summed E-state index contributed by atoms with van der Waals surface area (Å²) < 4.78 is 10.5. The number of halogens is 1. The first kappa shape index (κ1) is 18.2. The molecule has 0 N–H and O–H groups in total. The molecule has 0 aromatic heterocycles. The number of nitrogens with zero attached hydrogens (tertiary/aromatic N) is 1. The van der Waals surface area contributed by atoms with Gasteiger partial charge < -0.3 is 14.4 Å². The van der Waals surface area contributed by atoms with E-state index in [2.05, 4.69) is 0 Å². The summed E-state index contributed by atoms with van der Waals surface area (Å²) in [5.41, 5.74) is 1.28. The lowest BCUT2D eigenvalue weighted by Gasteiger charge is -2.25. The highest BCUT2D eigenvalue weighted by Crippen LogP contribution is 2.18. The normalized spacial score (nSPS) is 14.4. The van der Waals surface area contributed by atoms with Gasteiger partial charge in [-0.1, -0.05) is 29.8 Å². The summed E-state index contributed by atoms with van der Waals surface area (Å²) in [7, 11) is 0. The minimum Gasteiger partial charge on any atom is -0.410 e. The van der Waals surface area contributed by atoms with Crippen LogP contribution in [-0.4, -0.2) is 43.1 Å². The fourth-order valence-electron chi connectivity index (χ4n) is 2.47. The van der Waals surface area contributed by atoms with Crippen LogP contribution in [0.25, 0.3) is 6.08 Å². The number of hydrogen-bond acceptors (Lipinski definition) is 4. The monoisotopic (exact) mass is 371 g/mol. The summed E-state index contributed by atoms with van der Waals surface area (Å²) in [4.78, 5) is 25.9. The predicted molar refractivity (Wildman–Crippen MR) is 99.7 cm³/mol. The second-order valence-corrected chi connectivity index (χ2v) is 6.12. The summed E-state index contributed by atoms with van der Waals surface area (Å²) >= 11 is 6.06. The zero-order chi connectivity index (χ0) is 18.4. The van der Waals surface area contributed by atoms with Gasteiger partial charge in [0.25, 0.3) is 0 Å². The Labute approximate surface area is 156 Å². The predicted octanol–water partition coefficient (Wildman–Crippen LogP) is 4.07. The first-order valence-electron chi connectivity index (χ1n) is 8.25. The lowest BCUT2D eigenvalue weighted by atomic mass is 10.1. The number of carbonyl (C=O) groups is 2. The van der Waals surface area contributed by atoms with E-state index in [1.807, 2.05) is 18.2 Å². The van der Waals surface area contributed by atoms with Gasteiger partial charge in [-0.25, -0.2) is 4.79 Å². The van der Waals surface area contributed by atoms with Crippen LogP contribution >= 0.6 is 11.6 Å². The molecule has 1 amide bonds. The van der Waals surface area contributed by atoms with Crippen LogP contribution in [0.1, 0.15) is 15.9 Å². The molecule has 1 heterocycles. The van der Waals surface area contributed by atoms with Crippen LogP contribution < -0.4 is 4.74 Å². The third-order valence-electron chi connectivity index (χ3n) is 3.93. The molecule has 1 fully saturated rings. The van der Waals surface area contributed by atoms with E-state index in [1.54, 1.807) is 41.3 Å². The van der Waals surface area contributed by atoms with E-state index < -0.39 is 6.09 Å². The van der Waals surface area contributed by atoms with Crippen LogP contribution in [0.3, 0.4) is 0 Å². The number of allylic oxidation sites excluding steroid dienone is 1. The van der Waals surface area contributed by atoms with Gasteiger partial charge in [0, 0.05) is 23.7 Å². The van der Waals surface area contributed by atoms with Crippen molar-refractivity contribution in [3.05, 3.63) is 70.8 Å². The third-order valence-corrected chi connectivity index (χ3v) is 4.28. The van der Waals surface area contributed by atoms with E-state index in [9.17, 15) is 9.59 Å². The van der Waals surface area contributed by atoms with Gasteiger partial charge in [0.05, 0.1) is 13.2 Å². The van der Waals surface area contributed by atoms with Gasteiger partial charge in [0.2, 0.25) is 0 Å². The van der Waals surface area contributed by atoms with E-state index in [-0.39, 0.29) is 5.78 Å². The molecule has 1 aliphatic rings. The maximum absolute atomic E-state index is 12.3. The van der Waals surface area contributed by atoms with Gasteiger partial charge in [0.15, 0.2) is 5.78 Å². The SMILES string of the molecule is O=C(C=Cc1ccccc1Cl)c1ccc(OC(=O)N2CCOCC2)cc1. The van der Waals surface area contributed by atoms with Crippen LogP contribution in [0.2, 0.25) is 5.02 Å². The molecule has 1 aliphatic heterocycles. The average Bonchev–Trinajstić information content (AvgIpc) is 2.68. The molecule has 6 heteroatoms. The van der Waals surface area contributed by atoms with E-state index >= 15 is 0 Å². The first-order valence-corrected chi connectivity index (χ1v) is 8.63. The zero-order valence-electron chi connectivity index (χ0n) is 14.1. The Hall–Kier alpha value is -2.63. The number of amides is 1. The van der Waals surface area contributed by atoms with Crippen LogP contribution in [0.15, 0.2) is 54.6 Å². The minimum atomic E-state index is -0.411. The topological polar surface area (TPSA) is 55.8 Å². The molecule has 2 aromatic rings. The number of hydrogen-bond donors (Lipinski definition) is 0. The molecular formula is C20H18ClNO4. The molecule has 0 unspecified atom stereocenters. The molecule has 0 aliphatic carbocycles. The van der Waals surface area contributed by atoms with Gasteiger partial charge in [-0.05, 0) is 48.0 Å². The van der Waals surface area contributed by atoms with E-state index in [0.717, 1.165) is 5.56 Å². The lowest BCUT2D eigenvalue weighted by Crippen LogP contribution is -2.42. The number of ketones is 1. The molecular weight excluding hydrogens is 354 g/mol. The smallest absolute Gasteiger partial charge is 0.410 e. The fraction of sp³-hybridized carbons (Fsp3) is 0.200. The quantitative estimate of drug-likeness (QED) is 0.600. The number of benzene rings is 2. The summed E-state index contributed by atoms with van der Waals surface area (Å²) in [6, 6.07) is 13.8. The van der Waals surface area contributed by atoms with Crippen molar-refractivity contribution in [3.8, 4) is 5.75 Å². The molecule has 0 bridgehead atoms. The van der Waals surface area contributed by atoms with E-state index in [1.165, 1.54) is 6.08 Å². The van der Waals surface area contributed by atoms with Crippen LogP contribution in [0.4, 0.5) is 4.79 Å². The van der Waals surface area contributed by atoms with Crippen molar-refractivity contribution in [3.63, 3.8) is 0 Å². The Kier molecular flexibility index (Phi) is 6.04. The highest BCUT2D eigenvalue weighted by molar-refractivity contribution is 6.32. The van der Waals surface area contributed by atoms with Crippen molar-refractivity contribution < 1.29 is 19.1 Å². The molecule has 2 aromatic carbocycles. The molecule has 134 valence electrons. The summed E-state index contributed by atoms with van der Waals surface area (Å²) in [5.74, 6) is 0.240. The molecule has 26 heavy (non-hydrogen) atoms. The molecule has 0 atom stereocenters. The van der Waals surface area contributed by atoms with Crippen LogP contribution in [-0.2, 0) is 4.74 Å². The van der Waals surface area contributed by atoms with Crippen molar-refractivity contribution in [2.45, 2.75) is 0 Å². The van der Waals surface area contributed by atoms with Crippen LogP contribution in [0.5, 0.6) is 5.75 Å². The van der Waals surface area contributed by atoms with Crippen molar-refractivity contribution in [2.75, 3.05) is 26.3 Å². The lowest BCUT2D eigenvalue weighted by molar-refractivity contribution is 0.0416. The molecule has 0 saturated carbocycles. The van der Waals surface area contributed by atoms with E-state index in [4.69, 9.17) is 21.1 Å². The van der Waals surface area contributed by atoms with Gasteiger partial charge >= 0.3 is 6.09 Å². The minimum absolute atomic E-state index is 0.157. The third kappa shape index (κ3) is 4.71. The summed E-state index contributed by atoms with van der Waals surface area (Å²) in [6.07, 6.45) is 2.73. The Morgan fingerprint density at radius 1 is 1.04 bits per heavy atom. The Morgan fingerprint density at radius 3 is 2.42 bits per heavy atom. The average molecular weight is 372 g/mol. The Bertz CT molecular complexity index is 811. The molecule has 1 saturated heterocycles. The van der Waals surface area contributed by atoms with Gasteiger partial charge in [-0.15, -0.1) is 0 Å². The van der Waals surface area contributed by atoms with E-state index in [0.29, 0.717) is 42.6 Å². The maximum atomic E-state index is 12.3. The molecule has 0 spiro atoms. The first-order chi connectivity index (χ1) is 12.6. The van der Waals surface area contributed by atoms with Crippen LogP contribution in [0, 0.1) is 0 Å². The molecule has 3 rings (SSSR count). The largest absolute Gasteiger partial charge is 0.415 e. The Morgan fingerprint density at radius 2 is 1.73 bits per heavy atom. The maximum Gasteiger partial charge on any atom is 0.415 e. The number of carbonyl (C=O) groups excluding carboxylic acids is 2. The number of rotatable bonds is 4. The second kappa shape index (κ2) is 8.65. The fourth-order valence-corrected chi connectivity index (χ4v) is 2.67.